The maximum atomic E-state index is 13.0. The second kappa shape index (κ2) is 10.6. The van der Waals surface area contributed by atoms with Gasteiger partial charge >= 0.3 is 0 Å². The van der Waals surface area contributed by atoms with Crippen LogP contribution in [0, 0.1) is 5.41 Å². The molecule has 5 nitrogen and oxygen atoms in total. The van der Waals surface area contributed by atoms with Gasteiger partial charge in [-0.25, -0.2) is 0 Å². The van der Waals surface area contributed by atoms with Gasteiger partial charge in [0.2, 0.25) is 0 Å². The first-order valence-electron chi connectivity index (χ1n) is 8.97. The summed E-state index contributed by atoms with van der Waals surface area (Å²) in [5, 5.41) is 11.0. The smallest absolute Gasteiger partial charge is 0.252 e. The Bertz CT molecular complexity index is 1070. The van der Waals surface area contributed by atoms with E-state index in [-0.39, 0.29) is 24.0 Å². The van der Waals surface area contributed by atoms with E-state index in [4.69, 9.17) is 5.41 Å². The molecule has 0 atom stereocenters. The first kappa shape index (κ1) is 21.6. The van der Waals surface area contributed by atoms with Crippen LogP contribution in [0.3, 0.4) is 0 Å². The van der Waals surface area contributed by atoms with Gasteiger partial charge in [-0.2, -0.15) is 0 Å². The lowest BCUT2D eigenvalue weighted by Crippen LogP contribution is -2.18. The van der Waals surface area contributed by atoms with Crippen LogP contribution in [-0.4, -0.2) is 23.7 Å². The Labute approximate surface area is 183 Å². The average Bonchev–Trinajstić information content (AvgIpc) is 2.78. The third-order valence-corrected chi connectivity index (χ3v) is 5.49. The molecule has 3 rings (SSSR count). The molecule has 0 bridgehead atoms. The van der Waals surface area contributed by atoms with Crippen molar-refractivity contribution in [1.29, 1.82) is 5.41 Å². The van der Waals surface area contributed by atoms with Crippen LogP contribution >= 0.6 is 24.1 Å². The molecule has 0 spiro atoms. The minimum atomic E-state index is -0.172. The molecule has 3 N–H and O–H groups in total. The summed E-state index contributed by atoms with van der Waals surface area (Å²) in [6.45, 7) is 0. The predicted octanol–water partition coefficient (Wildman–Crippen LogP) is 5.62. The van der Waals surface area contributed by atoms with Gasteiger partial charge in [0.25, 0.3) is 5.91 Å². The standard InChI is InChI=1S/C22H19FN4OS2/c1-25-22(28)18-7-2-3-8-21(18)29-16-10-11-17(20(14-16)27-30-23)19(24)12-9-15-6-4-5-13-26-15/h2-14,24,27H,1H3,(H,25,28)/b12-9+,24-19?. The fourth-order valence-electron chi connectivity index (χ4n) is 2.69. The predicted molar refractivity (Wildman–Crippen MR) is 123 cm³/mol. The maximum Gasteiger partial charge on any atom is 0.252 e. The van der Waals surface area contributed by atoms with Gasteiger partial charge in [-0.05, 0) is 54.6 Å². The minimum absolute atomic E-state index is 0.0290. The van der Waals surface area contributed by atoms with Crippen LogP contribution in [0.15, 0.2) is 82.7 Å². The molecule has 0 aliphatic carbocycles. The number of hydrogen-bond donors (Lipinski definition) is 3. The van der Waals surface area contributed by atoms with E-state index in [0.29, 0.717) is 16.8 Å². The SMILES string of the molecule is CNC(=O)c1ccccc1Sc1ccc(C(=N)/C=C/c2ccccn2)c(NSF)c1. The fourth-order valence-corrected chi connectivity index (χ4v) is 3.92. The summed E-state index contributed by atoms with van der Waals surface area (Å²) < 4.78 is 15.6. The van der Waals surface area contributed by atoms with Crippen molar-refractivity contribution < 1.29 is 8.68 Å². The number of anilines is 1. The van der Waals surface area contributed by atoms with Crippen molar-refractivity contribution in [3.05, 3.63) is 89.8 Å². The number of allylic oxidation sites excluding steroid dienone is 1. The highest BCUT2D eigenvalue weighted by molar-refractivity contribution is 7.99. The Kier molecular flexibility index (Phi) is 7.64. The van der Waals surface area contributed by atoms with Crippen molar-refractivity contribution in [1.82, 2.24) is 10.3 Å². The van der Waals surface area contributed by atoms with E-state index in [0.717, 1.165) is 15.5 Å². The van der Waals surface area contributed by atoms with E-state index in [1.165, 1.54) is 11.8 Å². The molecule has 1 aromatic heterocycles. The third kappa shape index (κ3) is 5.49. The molecule has 0 aliphatic rings. The second-order valence-corrected chi connectivity index (χ2v) is 7.54. The van der Waals surface area contributed by atoms with Crippen molar-refractivity contribution in [3.8, 4) is 0 Å². The number of amides is 1. The van der Waals surface area contributed by atoms with Crippen LogP contribution in [-0.2, 0) is 0 Å². The molecular formula is C22H19FN4OS2. The molecule has 0 fully saturated rings. The maximum absolute atomic E-state index is 13.0. The summed E-state index contributed by atoms with van der Waals surface area (Å²) in [5.41, 5.74) is 2.54. The monoisotopic (exact) mass is 438 g/mol. The number of benzene rings is 2. The number of halogens is 1. The zero-order valence-electron chi connectivity index (χ0n) is 16.1. The summed E-state index contributed by atoms with van der Waals surface area (Å²) in [6.07, 6.45) is 5.04. The molecule has 152 valence electrons. The van der Waals surface area contributed by atoms with Gasteiger partial charge in [-0.15, -0.1) is 3.89 Å². The molecular weight excluding hydrogens is 419 g/mol. The van der Waals surface area contributed by atoms with E-state index in [1.54, 1.807) is 49.7 Å². The first-order valence-corrected chi connectivity index (χ1v) is 10.5. The number of nitrogens with one attached hydrogen (secondary N) is 3. The number of nitrogens with zero attached hydrogens (tertiary/aromatic N) is 1. The normalized spacial score (nSPS) is 10.7. The van der Waals surface area contributed by atoms with Crippen LogP contribution < -0.4 is 10.0 Å². The van der Waals surface area contributed by atoms with E-state index in [2.05, 4.69) is 15.0 Å². The molecule has 0 unspecified atom stereocenters. The van der Waals surface area contributed by atoms with Crippen LogP contribution in [0.4, 0.5) is 9.57 Å². The zero-order chi connectivity index (χ0) is 21.3. The van der Waals surface area contributed by atoms with E-state index >= 15 is 0 Å². The Hall–Kier alpha value is -3.10. The highest BCUT2D eigenvalue weighted by atomic mass is 32.2. The fraction of sp³-hybridized carbons (Fsp3) is 0.0455. The second-order valence-electron chi connectivity index (χ2n) is 6.07. The van der Waals surface area contributed by atoms with E-state index < -0.39 is 0 Å². The Morgan fingerprint density at radius 3 is 2.63 bits per heavy atom. The molecule has 8 heteroatoms. The van der Waals surface area contributed by atoms with Gasteiger partial charge in [-0.1, -0.05) is 30.0 Å². The number of carbonyl (C=O) groups is 1. The zero-order valence-corrected chi connectivity index (χ0v) is 17.7. The molecule has 0 aliphatic heterocycles. The largest absolute Gasteiger partial charge is 0.355 e. The van der Waals surface area contributed by atoms with Crippen molar-refractivity contribution in [2.75, 3.05) is 11.8 Å². The van der Waals surface area contributed by atoms with Crippen LogP contribution in [0.1, 0.15) is 21.6 Å². The topological polar surface area (TPSA) is 77.9 Å². The molecule has 3 aromatic rings. The number of aromatic nitrogens is 1. The van der Waals surface area contributed by atoms with Gasteiger partial charge < -0.3 is 15.4 Å². The highest BCUT2D eigenvalue weighted by Crippen LogP contribution is 2.34. The van der Waals surface area contributed by atoms with Crippen molar-refractivity contribution in [3.63, 3.8) is 0 Å². The average molecular weight is 439 g/mol. The lowest BCUT2D eigenvalue weighted by molar-refractivity contribution is 0.0960. The summed E-state index contributed by atoms with van der Waals surface area (Å²) in [5.74, 6) is -0.172. The molecule has 0 radical (unpaired) electrons. The lowest BCUT2D eigenvalue weighted by Gasteiger charge is -2.12. The van der Waals surface area contributed by atoms with Crippen LogP contribution in [0.25, 0.3) is 6.08 Å². The highest BCUT2D eigenvalue weighted by Gasteiger charge is 2.13. The molecule has 2 aromatic carbocycles. The van der Waals surface area contributed by atoms with Crippen LogP contribution in [0.5, 0.6) is 0 Å². The summed E-state index contributed by atoms with van der Waals surface area (Å²) in [6, 6.07) is 18.2. The first-order chi connectivity index (χ1) is 14.6. The molecule has 1 heterocycles. The van der Waals surface area contributed by atoms with Crippen molar-refractivity contribution >= 4 is 47.5 Å². The van der Waals surface area contributed by atoms with Gasteiger partial charge in [0.05, 0.1) is 22.7 Å². The van der Waals surface area contributed by atoms with Crippen molar-refractivity contribution in [2.45, 2.75) is 9.79 Å². The molecule has 0 saturated heterocycles. The number of carbonyl (C=O) groups excluding carboxylic acids is 1. The summed E-state index contributed by atoms with van der Waals surface area (Å²) in [4.78, 5) is 17.9. The number of hydrogen-bond acceptors (Lipinski definition) is 6. The third-order valence-electron chi connectivity index (χ3n) is 4.12. The summed E-state index contributed by atoms with van der Waals surface area (Å²) >= 11 is 1.37. The Morgan fingerprint density at radius 1 is 1.10 bits per heavy atom. The van der Waals surface area contributed by atoms with Crippen molar-refractivity contribution in [2.24, 2.45) is 0 Å². The quantitative estimate of drug-likeness (QED) is 0.314. The van der Waals surface area contributed by atoms with Gasteiger partial charge in [0.1, 0.15) is 0 Å². The minimum Gasteiger partial charge on any atom is -0.355 e. The van der Waals surface area contributed by atoms with E-state index in [9.17, 15) is 8.68 Å². The van der Waals surface area contributed by atoms with Crippen LogP contribution in [0.2, 0.25) is 0 Å². The number of pyridine rings is 1. The molecule has 1 amide bonds. The number of rotatable bonds is 8. The molecule has 30 heavy (non-hydrogen) atoms. The molecule has 0 saturated carbocycles. The Balaban J connectivity index is 1.86. The van der Waals surface area contributed by atoms with Gasteiger partial charge in [0.15, 0.2) is 12.3 Å². The van der Waals surface area contributed by atoms with E-state index in [1.807, 2.05) is 36.4 Å². The lowest BCUT2D eigenvalue weighted by atomic mass is 10.1. The van der Waals surface area contributed by atoms with Gasteiger partial charge in [0, 0.05) is 28.6 Å². The summed E-state index contributed by atoms with van der Waals surface area (Å²) in [7, 11) is 1.59. The van der Waals surface area contributed by atoms with Gasteiger partial charge in [-0.3, -0.25) is 9.78 Å². The Morgan fingerprint density at radius 2 is 1.90 bits per heavy atom.